The summed E-state index contributed by atoms with van der Waals surface area (Å²) < 4.78 is 37.2. The molecule has 1 aromatic carbocycles. The molecule has 1 heterocycles. The van der Waals surface area contributed by atoms with Crippen LogP contribution in [0.15, 0.2) is 24.3 Å². The second-order valence-corrected chi connectivity index (χ2v) is 4.43. The van der Waals surface area contributed by atoms with E-state index in [1.807, 2.05) is 0 Å². The summed E-state index contributed by atoms with van der Waals surface area (Å²) in [5.74, 6) is -0.0156. The molecule has 0 spiro atoms. The number of nitrogens with zero attached hydrogens (tertiary/aromatic N) is 2. The molecule has 1 saturated heterocycles. The Bertz CT molecular complexity index is 442. The maximum absolute atomic E-state index is 12.4. The second kappa shape index (κ2) is 5.61. The van der Waals surface area contributed by atoms with Crippen molar-refractivity contribution < 1.29 is 18.0 Å². The van der Waals surface area contributed by atoms with E-state index in [9.17, 15) is 18.0 Å². The minimum atomic E-state index is -4.30. The summed E-state index contributed by atoms with van der Waals surface area (Å²) in [7, 11) is 0. The molecular formula is C13H14F3N2O. The van der Waals surface area contributed by atoms with Crippen molar-refractivity contribution in [2.24, 2.45) is 0 Å². The van der Waals surface area contributed by atoms with Gasteiger partial charge >= 0.3 is 6.18 Å². The van der Waals surface area contributed by atoms with E-state index < -0.39 is 11.7 Å². The lowest BCUT2D eigenvalue weighted by Gasteiger charge is -2.26. The van der Waals surface area contributed by atoms with Crippen LogP contribution in [0.4, 0.5) is 13.2 Å². The molecule has 6 heteroatoms. The van der Waals surface area contributed by atoms with E-state index in [-0.39, 0.29) is 12.5 Å². The molecule has 1 aromatic rings. The Morgan fingerprint density at radius 3 is 2.47 bits per heavy atom. The van der Waals surface area contributed by atoms with Crippen LogP contribution in [0.25, 0.3) is 0 Å². The summed E-state index contributed by atoms with van der Waals surface area (Å²) in [6.45, 7) is 1.98. The number of amides is 1. The smallest absolute Gasteiger partial charge is 0.340 e. The van der Waals surface area contributed by atoms with Crippen molar-refractivity contribution in [2.45, 2.75) is 12.6 Å². The van der Waals surface area contributed by atoms with E-state index >= 15 is 0 Å². The third-order valence-corrected chi connectivity index (χ3v) is 3.08. The maximum atomic E-state index is 12.4. The molecule has 1 amide bonds. The van der Waals surface area contributed by atoms with Crippen molar-refractivity contribution in [2.75, 3.05) is 26.2 Å². The van der Waals surface area contributed by atoms with Gasteiger partial charge in [-0.25, -0.2) is 5.32 Å². The molecule has 1 fully saturated rings. The van der Waals surface area contributed by atoms with Crippen LogP contribution in [0, 0.1) is 0 Å². The highest BCUT2D eigenvalue weighted by Gasteiger charge is 2.29. The van der Waals surface area contributed by atoms with Gasteiger partial charge in [-0.2, -0.15) is 13.2 Å². The van der Waals surface area contributed by atoms with Gasteiger partial charge < -0.3 is 4.90 Å². The van der Waals surface area contributed by atoms with E-state index in [1.165, 1.54) is 12.1 Å². The van der Waals surface area contributed by atoms with E-state index in [0.29, 0.717) is 26.1 Å². The van der Waals surface area contributed by atoms with E-state index in [4.69, 9.17) is 0 Å². The number of benzene rings is 1. The minimum absolute atomic E-state index is 0.0156. The quantitative estimate of drug-likeness (QED) is 0.824. The van der Waals surface area contributed by atoms with Crippen molar-refractivity contribution in [1.29, 1.82) is 0 Å². The largest absolute Gasteiger partial charge is 0.416 e. The predicted molar refractivity (Wildman–Crippen MR) is 63.6 cm³/mol. The number of piperazine rings is 1. The Morgan fingerprint density at radius 1 is 1.21 bits per heavy atom. The molecule has 1 aliphatic rings. The van der Waals surface area contributed by atoms with Gasteiger partial charge in [0.25, 0.3) is 0 Å². The zero-order valence-electron chi connectivity index (χ0n) is 10.3. The van der Waals surface area contributed by atoms with Gasteiger partial charge in [0.05, 0.1) is 12.1 Å². The van der Waals surface area contributed by atoms with E-state index in [1.54, 1.807) is 4.90 Å². The molecule has 3 nitrogen and oxygen atoms in total. The van der Waals surface area contributed by atoms with Gasteiger partial charge in [-0.1, -0.05) is 12.1 Å². The number of hydrogen-bond donors (Lipinski definition) is 0. The Morgan fingerprint density at radius 2 is 1.89 bits per heavy atom. The van der Waals surface area contributed by atoms with Crippen molar-refractivity contribution in [3.8, 4) is 0 Å². The molecule has 0 unspecified atom stereocenters. The highest BCUT2D eigenvalue weighted by atomic mass is 19.4. The van der Waals surface area contributed by atoms with Gasteiger partial charge in [0, 0.05) is 19.6 Å². The number of carbonyl (C=O) groups is 1. The Kier molecular flexibility index (Phi) is 4.09. The standard InChI is InChI=1S/C13H14F3N2O/c14-13(15,16)11-3-1-10(2-4-11)5-7-18-8-6-17-9-12(18)19/h1-4H,5-9H2. The molecule has 103 valence electrons. The van der Waals surface area contributed by atoms with Gasteiger partial charge in [0.2, 0.25) is 5.91 Å². The van der Waals surface area contributed by atoms with Crippen LogP contribution in [0.2, 0.25) is 0 Å². The minimum Gasteiger partial charge on any atom is -0.340 e. The average Bonchev–Trinajstić information content (AvgIpc) is 2.37. The van der Waals surface area contributed by atoms with E-state index in [0.717, 1.165) is 17.7 Å². The lowest BCUT2D eigenvalue weighted by molar-refractivity contribution is -0.137. The summed E-state index contributed by atoms with van der Waals surface area (Å²) in [6.07, 6.45) is -3.74. The number of carbonyl (C=O) groups excluding carboxylic acids is 1. The number of rotatable bonds is 3. The number of hydrogen-bond acceptors (Lipinski definition) is 1. The summed E-state index contributed by atoms with van der Waals surface area (Å²) in [5.41, 5.74) is 0.146. The van der Waals surface area contributed by atoms with Gasteiger partial charge in [-0.3, -0.25) is 4.79 Å². The number of halogens is 3. The zero-order valence-corrected chi connectivity index (χ0v) is 10.3. The van der Waals surface area contributed by atoms with Crippen LogP contribution >= 0.6 is 0 Å². The predicted octanol–water partition coefficient (Wildman–Crippen LogP) is 1.69. The first kappa shape index (κ1) is 13.9. The lowest BCUT2D eigenvalue weighted by Crippen LogP contribution is -2.45. The average molecular weight is 271 g/mol. The highest BCUT2D eigenvalue weighted by molar-refractivity contribution is 5.78. The van der Waals surface area contributed by atoms with Crippen molar-refractivity contribution in [3.05, 3.63) is 35.4 Å². The normalized spacial score (nSPS) is 16.8. The molecule has 0 aliphatic carbocycles. The van der Waals surface area contributed by atoms with Crippen LogP contribution in [0.1, 0.15) is 11.1 Å². The highest BCUT2D eigenvalue weighted by Crippen LogP contribution is 2.29. The van der Waals surface area contributed by atoms with Crippen molar-refractivity contribution in [1.82, 2.24) is 10.2 Å². The van der Waals surface area contributed by atoms with Crippen LogP contribution in [-0.2, 0) is 17.4 Å². The molecular weight excluding hydrogens is 257 g/mol. The Balaban J connectivity index is 1.91. The first-order chi connectivity index (χ1) is 8.97. The van der Waals surface area contributed by atoms with Gasteiger partial charge in [0.1, 0.15) is 0 Å². The summed E-state index contributed by atoms with van der Waals surface area (Å²) in [6, 6.07) is 5.06. The first-order valence-corrected chi connectivity index (χ1v) is 6.04. The van der Waals surface area contributed by atoms with Crippen LogP contribution in [-0.4, -0.2) is 37.0 Å². The van der Waals surface area contributed by atoms with Crippen LogP contribution in [0.3, 0.4) is 0 Å². The van der Waals surface area contributed by atoms with Crippen LogP contribution in [0.5, 0.6) is 0 Å². The third kappa shape index (κ3) is 3.70. The van der Waals surface area contributed by atoms with Crippen molar-refractivity contribution >= 4 is 5.91 Å². The first-order valence-electron chi connectivity index (χ1n) is 6.04. The number of alkyl halides is 3. The summed E-state index contributed by atoms with van der Waals surface area (Å²) in [4.78, 5) is 13.2. The molecule has 1 radical (unpaired) electrons. The fraction of sp³-hybridized carbons (Fsp3) is 0.462. The zero-order chi connectivity index (χ0) is 13.9. The molecule has 19 heavy (non-hydrogen) atoms. The topological polar surface area (TPSA) is 34.4 Å². The lowest BCUT2D eigenvalue weighted by atomic mass is 10.1. The van der Waals surface area contributed by atoms with Gasteiger partial charge in [-0.05, 0) is 24.1 Å². The van der Waals surface area contributed by atoms with Crippen molar-refractivity contribution in [3.63, 3.8) is 0 Å². The monoisotopic (exact) mass is 271 g/mol. The molecule has 2 rings (SSSR count). The maximum Gasteiger partial charge on any atom is 0.416 e. The molecule has 0 atom stereocenters. The van der Waals surface area contributed by atoms with Gasteiger partial charge in [-0.15, -0.1) is 0 Å². The molecule has 0 N–H and O–H groups in total. The fourth-order valence-corrected chi connectivity index (χ4v) is 1.95. The van der Waals surface area contributed by atoms with E-state index in [2.05, 4.69) is 5.32 Å². The molecule has 0 saturated carbocycles. The van der Waals surface area contributed by atoms with Crippen LogP contribution < -0.4 is 5.32 Å². The SMILES string of the molecule is O=C1C[N]CCN1CCc1ccc(C(F)(F)F)cc1. The summed E-state index contributed by atoms with van der Waals surface area (Å²) in [5, 5.41) is 3.99. The second-order valence-electron chi connectivity index (χ2n) is 4.43. The Labute approximate surface area is 109 Å². The molecule has 0 aromatic heterocycles. The molecule has 0 bridgehead atoms. The van der Waals surface area contributed by atoms with Gasteiger partial charge in [0.15, 0.2) is 0 Å². The molecule has 1 aliphatic heterocycles. The summed E-state index contributed by atoms with van der Waals surface area (Å²) >= 11 is 0. The third-order valence-electron chi connectivity index (χ3n) is 3.08. The fourth-order valence-electron chi connectivity index (χ4n) is 1.95. The Hall–Kier alpha value is -1.56.